The van der Waals surface area contributed by atoms with E-state index in [9.17, 15) is 23.3 Å². The number of nitro groups is 1. The van der Waals surface area contributed by atoms with Crippen LogP contribution in [0.25, 0.3) is 0 Å². The van der Waals surface area contributed by atoms with Crippen molar-refractivity contribution in [3.8, 4) is 6.07 Å². The summed E-state index contributed by atoms with van der Waals surface area (Å²) in [4.78, 5) is 9.96. The minimum absolute atomic E-state index is 0.0374. The van der Waals surface area contributed by atoms with E-state index in [1.165, 1.54) is 19.1 Å². The summed E-state index contributed by atoms with van der Waals surface area (Å²) in [5.74, 6) is 0. The first-order valence-electron chi connectivity index (χ1n) is 6.58. The van der Waals surface area contributed by atoms with Gasteiger partial charge in [-0.2, -0.15) is 23.5 Å². The van der Waals surface area contributed by atoms with Gasteiger partial charge in [0.1, 0.15) is 5.69 Å². The van der Waals surface area contributed by atoms with Crippen molar-refractivity contribution in [2.75, 3.05) is 0 Å². The molecule has 0 aliphatic rings. The summed E-state index contributed by atoms with van der Waals surface area (Å²) in [5, 5.41) is 23.1. The Hall–Kier alpha value is -2.89. The predicted molar refractivity (Wildman–Crippen MR) is 73.5 cm³/mol. The zero-order valence-corrected chi connectivity index (χ0v) is 12.0. The average molecular weight is 324 g/mol. The van der Waals surface area contributed by atoms with Crippen molar-refractivity contribution in [1.82, 2.24) is 9.78 Å². The Bertz CT molecular complexity index is 773. The minimum Gasteiger partial charge on any atom is -0.258 e. The Morgan fingerprint density at radius 1 is 1.35 bits per heavy atom. The smallest absolute Gasteiger partial charge is 0.258 e. The van der Waals surface area contributed by atoms with E-state index in [0.29, 0.717) is 11.1 Å². The van der Waals surface area contributed by atoms with Crippen LogP contribution >= 0.6 is 0 Å². The van der Waals surface area contributed by atoms with Gasteiger partial charge in [-0.1, -0.05) is 19.1 Å². The molecule has 0 fully saturated rings. The van der Waals surface area contributed by atoms with Gasteiger partial charge in [0.15, 0.2) is 0 Å². The number of alkyl halides is 3. The highest BCUT2D eigenvalue weighted by Gasteiger charge is 2.44. The van der Waals surface area contributed by atoms with E-state index in [1.807, 2.05) is 6.07 Å². The second-order valence-corrected chi connectivity index (χ2v) is 4.72. The van der Waals surface area contributed by atoms with Crippen molar-refractivity contribution in [1.29, 1.82) is 5.26 Å². The summed E-state index contributed by atoms with van der Waals surface area (Å²) in [5.41, 5.74) is -1.59. The van der Waals surface area contributed by atoms with Crippen LogP contribution in [-0.2, 0) is 19.1 Å². The van der Waals surface area contributed by atoms with E-state index in [-0.39, 0.29) is 18.7 Å². The molecule has 0 amide bonds. The molecule has 23 heavy (non-hydrogen) atoms. The molecule has 0 saturated carbocycles. The molecule has 1 aromatic heterocycles. The molecule has 0 aliphatic heterocycles. The number of hydrogen-bond donors (Lipinski definition) is 0. The van der Waals surface area contributed by atoms with Crippen LogP contribution in [0.2, 0.25) is 0 Å². The summed E-state index contributed by atoms with van der Waals surface area (Å²) >= 11 is 0. The van der Waals surface area contributed by atoms with Gasteiger partial charge >= 0.3 is 11.9 Å². The van der Waals surface area contributed by atoms with Crippen LogP contribution in [0.1, 0.15) is 29.4 Å². The first-order valence-corrected chi connectivity index (χ1v) is 6.58. The van der Waals surface area contributed by atoms with Gasteiger partial charge in [-0.15, -0.1) is 0 Å². The molecule has 0 unspecified atom stereocenters. The summed E-state index contributed by atoms with van der Waals surface area (Å²) in [6.07, 6.45) is -4.86. The molecule has 0 bridgehead atoms. The second kappa shape index (κ2) is 6.08. The Kier molecular flexibility index (Phi) is 4.36. The Balaban J connectivity index is 2.49. The first kappa shape index (κ1) is 16.5. The Labute approximate surface area is 128 Å². The molecule has 0 N–H and O–H groups in total. The van der Waals surface area contributed by atoms with Crippen molar-refractivity contribution >= 4 is 5.69 Å². The van der Waals surface area contributed by atoms with Crippen LogP contribution < -0.4 is 0 Å². The summed E-state index contributed by atoms with van der Waals surface area (Å²) < 4.78 is 39.9. The molecule has 0 saturated heterocycles. The van der Waals surface area contributed by atoms with E-state index in [1.54, 1.807) is 12.1 Å². The van der Waals surface area contributed by atoms with Gasteiger partial charge < -0.3 is 0 Å². The van der Waals surface area contributed by atoms with Crippen LogP contribution in [-0.4, -0.2) is 14.7 Å². The molecule has 6 nitrogen and oxygen atoms in total. The summed E-state index contributed by atoms with van der Waals surface area (Å²) in [6, 6.07) is 8.10. The van der Waals surface area contributed by atoms with Gasteiger partial charge in [-0.25, -0.2) is 0 Å². The maximum atomic E-state index is 13.0. The van der Waals surface area contributed by atoms with Crippen LogP contribution in [0.15, 0.2) is 24.3 Å². The minimum atomic E-state index is -4.90. The lowest BCUT2D eigenvalue weighted by atomic mass is 10.1. The van der Waals surface area contributed by atoms with E-state index in [2.05, 4.69) is 5.10 Å². The van der Waals surface area contributed by atoms with Crippen molar-refractivity contribution in [2.24, 2.45) is 0 Å². The molecule has 120 valence electrons. The average Bonchev–Trinajstić information content (AvgIpc) is 2.86. The van der Waals surface area contributed by atoms with Crippen LogP contribution in [0, 0.1) is 21.4 Å². The van der Waals surface area contributed by atoms with Crippen LogP contribution in [0.3, 0.4) is 0 Å². The van der Waals surface area contributed by atoms with E-state index >= 15 is 0 Å². The van der Waals surface area contributed by atoms with E-state index in [4.69, 9.17) is 5.26 Å². The number of nitrogens with zero attached hydrogens (tertiary/aromatic N) is 4. The van der Waals surface area contributed by atoms with Gasteiger partial charge in [0.05, 0.1) is 23.1 Å². The van der Waals surface area contributed by atoms with Crippen LogP contribution in [0.4, 0.5) is 18.9 Å². The molecular weight excluding hydrogens is 313 g/mol. The molecular formula is C14H11F3N4O2. The third-order valence-corrected chi connectivity index (χ3v) is 3.23. The number of aromatic nitrogens is 2. The number of nitriles is 1. The molecule has 1 aromatic carbocycles. The van der Waals surface area contributed by atoms with Crippen molar-refractivity contribution in [3.63, 3.8) is 0 Å². The van der Waals surface area contributed by atoms with Crippen molar-refractivity contribution in [3.05, 3.63) is 56.9 Å². The molecule has 1 heterocycles. The third-order valence-electron chi connectivity index (χ3n) is 3.23. The zero-order chi connectivity index (χ0) is 17.2. The lowest BCUT2D eigenvalue weighted by Crippen LogP contribution is -2.10. The fourth-order valence-corrected chi connectivity index (χ4v) is 2.21. The van der Waals surface area contributed by atoms with Gasteiger partial charge in [0.2, 0.25) is 5.69 Å². The van der Waals surface area contributed by atoms with E-state index in [0.717, 1.165) is 4.68 Å². The van der Waals surface area contributed by atoms with Gasteiger partial charge in [0.25, 0.3) is 0 Å². The highest BCUT2D eigenvalue weighted by atomic mass is 19.4. The Morgan fingerprint density at radius 3 is 2.39 bits per heavy atom. The lowest BCUT2D eigenvalue weighted by Gasteiger charge is -2.05. The fourth-order valence-electron chi connectivity index (χ4n) is 2.21. The monoisotopic (exact) mass is 324 g/mol. The largest absolute Gasteiger partial charge is 0.442 e. The molecule has 0 aliphatic carbocycles. The fraction of sp³-hybridized carbons (Fsp3) is 0.286. The molecule has 0 spiro atoms. The number of halogens is 3. The summed E-state index contributed by atoms with van der Waals surface area (Å²) in [6.45, 7) is 1.48. The second-order valence-electron chi connectivity index (χ2n) is 4.72. The number of hydrogen-bond acceptors (Lipinski definition) is 4. The van der Waals surface area contributed by atoms with Crippen LogP contribution in [0.5, 0.6) is 0 Å². The first-order chi connectivity index (χ1) is 10.8. The zero-order valence-electron chi connectivity index (χ0n) is 12.0. The molecule has 9 heteroatoms. The summed E-state index contributed by atoms with van der Waals surface area (Å²) in [7, 11) is 0. The Morgan fingerprint density at radius 2 is 1.96 bits per heavy atom. The quantitative estimate of drug-likeness (QED) is 0.638. The van der Waals surface area contributed by atoms with E-state index < -0.39 is 22.5 Å². The molecule has 0 radical (unpaired) electrons. The van der Waals surface area contributed by atoms with Gasteiger partial charge in [0, 0.05) is 0 Å². The lowest BCUT2D eigenvalue weighted by molar-refractivity contribution is -0.388. The molecule has 2 rings (SSSR count). The molecule has 2 aromatic rings. The highest BCUT2D eigenvalue weighted by molar-refractivity contribution is 5.43. The van der Waals surface area contributed by atoms with Gasteiger partial charge in [-0.05, 0) is 24.1 Å². The maximum absolute atomic E-state index is 13.0. The number of rotatable bonds is 4. The normalized spacial score (nSPS) is 11.3. The third kappa shape index (κ3) is 3.31. The van der Waals surface area contributed by atoms with Gasteiger partial charge in [-0.3, -0.25) is 14.8 Å². The van der Waals surface area contributed by atoms with Crippen molar-refractivity contribution in [2.45, 2.75) is 26.1 Å². The highest BCUT2D eigenvalue weighted by Crippen LogP contribution is 2.37. The molecule has 0 atom stereocenters. The standard InChI is InChI=1S/C14H11F3N4O2/c1-2-11-12(21(22)23)13(14(15,16)17)19-20(11)8-10-5-3-9(7-18)4-6-10/h3-6H,2,8H2,1H3. The SMILES string of the molecule is CCc1c([N+](=O)[O-])c(C(F)(F)F)nn1Cc1ccc(C#N)cc1. The topological polar surface area (TPSA) is 84.8 Å². The maximum Gasteiger partial charge on any atom is 0.442 e. The predicted octanol–water partition coefficient (Wildman–Crippen LogP) is 3.29. The number of benzene rings is 1. The van der Waals surface area contributed by atoms with Crippen molar-refractivity contribution < 1.29 is 18.1 Å².